The highest BCUT2D eigenvalue weighted by atomic mass is 35.5. The predicted octanol–water partition coefficient (Wildman–Crippen LogP) is 1.38. The summed E-state index contributed by atoms with van der Waals surface area (Å²) < 4.78 is 0.946. The van der Waals surface area contributed by atoms with Gasteiger partial charge in [-0.2, -0.15) is 5.10 Å². The lowest BCUT2D eigenvalue weighted by molar-refractivity contribution is 0.0989. The minimum Gasteiger partial charge on any atom is -0.386 e. The van der Waals surface area contributed by atoms with E-state index in [1.165, 1.54) is 12.1 Å². The number of aliphatic hydroxyl groups excluding tert-OH is 1. The molecule has 1 atom stereocenters. The zero-order valence-corrected chi connectivity index (χ0v) is 12.2. The Kier molecular flexibility index (Phi) is 4.62. The first-order valence-electron chi connectivity index (χ1n) is 5.89. The van der Waals surface area contributed by atoms with Gasteiger partial charge in [-0.05, 0) is 24.3 Å². The van der Waals surface area contributed by atoms with Crippen LogP contribution >= 0.6 is 23.2 Å². The minimum absolute atomic E-state index is 0.0704. The zero-order valence-electron chi connectivity index (χ0n) is 10.7. The van der Waals surface area contributed by atoms with Gasteiger partial charge in [0.15, 0.2) is 0 Å². The molecule has 1 aromatic carbocycles. The molecule has 21 heavy (non-hydrogen) atoms. The van der Waals surface area contributed by atoms with Crippen LogP contribution in [0.3, 0.4) is 0 Å². The Balaban J connectivity index is 2.33. The fourth-order valence-corrected chi connectivity index (χ4v) is 2.17. The van der Waals surface area contributed by atoms with E-state index < -0.39 is 17.6 Å². The molecule has 3 N–H and O–H groups in total. The van der Waals surface area contributed by atoms with Crippen molar-refractivity contribution in [1.29, 1.82) is 0 Å². The highest BCUT2D eigenvalue weighted by Crippen LogP contribution is 2.26. The van der Waals surface area contributed by atoms with E-state index in [2.05, 4.69) is 5.10 Å². The first-order chi connectivity index (χ1) is 9.88. The molecule has 0 aliphatic carbocycles. The molecule has 0 aliphatic rings. The Hall–Kier alpha value is -1.89. The molecule has 0 aliphatic heterocycles. The summed E-state index contributed by atoms with van der Waals surface area (Å²) >= 11 is 11.8. The number of primary amides is 1. The number of aliphatic hydroxyl groups is 1. The Labute approximate surface area is 129 Å². The number of carbonyl (C=O) groups is 1. The Morgan fingerprint density at radius 1 is 1.33 bits per heavy atom. The Morgan fingerprint density at radius 3 is 2.71 bits per heavy atom. The predicted molar refractivity (Wildman–Crippen MR) is 78.4 cm³/mol. The molecule has 0 fully saturated rings. The van der Waals surface area contributed by atoms with Gasteiger partial charge < -0.3 is 10.8 Å². The monoisotopic (exact) mass is 327 g/mol. The van der Waals surface area contributed by atoms with Crippen LogP contribution in [0.25, 0.3) is 0 Å². The normalized spacial score (nSPS) is 12.1. The molecule has 0 spiro atoms. The molecule has 2 aromatic rings. The van der Waals surface area contributed by atoms with Gasteiger partial charge in [0.2, 0.25) is 0 Å². The lowest BCUT2D eigenvalue weighted by Gasteiger charge is -2.14. The fourth-order valence-electron chi connectivity index (χ4n) is 1.74. The van der Waals surface area contributed by atoms with E-state index in [9.17, 15) is 14.7 Å². The van der Waals surface area contributed by atoms with E-state index in [0.29, 0.717) is 15.6 Å². The summed E-state index contributed by atoms with van der Waals surface area (Å²) in [5, 5.41) is 14.7. The van der Waals surface area contributed by atoms with Crippen LogP contribution in [-0.4, -0.2) is 20.8 Å². The fraction of sp³-hybridized carbons (Fsp3) is 0.154. The zero-order chi connectivity index (χ0) is 15.6. The molecule has 8 heteroatoms. The number of aromatic nitrogens is 2. The van der Waals surface area contributed by atoms with Gasteiger partial charge in [0, 0.05) is 21.7 Å². The van der Waals surface area contributed by atoms with E-state index in [1.54, 1.807) is 12.1 Å². The van der Waals surface area contributed by atoms with Gasteiger partial charge >= 0.3 is 0 Å². The van der Waals surface area contributed by atoms with Crippen LogP contribution in [0, 0.1) is 0 Å². The lowest BCUT2D eigenvalue weighted by Crippen LogP contribution is -2.28. The molecule has 2 rings (SSSR count). The molecule has 0 bridgehead atoms. The molecule has 0 radical (unpaired) electrons. The number of hydrogen-bond donors (Lipinski definition) is 2. The SMILES string of the molecule is NC(=O)c1ccc(=O)n(CC(O)c2cc(Cl)ccc2Cl)n1. The summed E-state index contributed by atoms with van der Waals surface area (Å²) in [6.07, 6.45) is -1.11. The van der Waals surface area contributed by atoms with E-state index in [-0.39, 0.29) is 12.2 Å². The van der Waals surface area contributed by atoms with Crippen LogP contribution in [0.4, 0.5) is 0 Å². The average Bonchev–Trinajstić information content (AvgIpc) is 2.43. The van der Waals surface area contributed by atoms with Crippen molar-refractivity contribution in [1.82, 2.24) is 9.78 Å². The molecule has 1 heterocycles. The van der Waals surface area contributed by atoms with E-state index in [4.69, 9.17) is 28.9 Å². The van der Waals surface area contributed by atoms with Crippen molar-refractivity contribution in [3.63, 3.8) is 0 Å². The molecule has 1 aromatic heterocycles. The van der Waals surface area contributed by atoms with Crippen molar-refractivity contribution >= 4 is 29.1 Å². The van der Waals surface area contributed by atoms with Crippen LogP contribution in [0.1, 0.15) is 22.2 Å². The molecule has 0 saturated carbocycles. The van der Waals surface area contributed by atoms with E-state index in [0.717, 1.165) is 10.7 Å². The third kappa shape index (κ3) is 3.60. The highest BCUT2D eigenvalue weighted by Gasteiger charge is 2.15. The molecular formula is C13H11Cl2N3O3. The van der Waals surface area contributed by atoms with Crippen molar-refractivity contribution in [3.8, 4) is 0 Å². The van der Waals surface area contributed by atoms with Crippen LogP contribution in [0.5, 0.6) is 0 Å². The van der Waals surface area contributed by atoms with Gasteiger partial charge in [-0.3, -0.25) is 9.59 Å². The van der Waals surface area contributed by atoms with Crippen molar-refractivity contribution in [3.05, 3.63) is 62.0 Å². The van der Waals surface area contributed by atoms with Gasteiger partial charge in [-0.25, -0.2) is 4.68 Å². The third-order valence-electron chi connectivity index (χ3n) is 2.78. The van der Waals surface area contributed by atoms with Crippen LogP contribution in [-0.2, 0) is 6.54 Å². The molecular weight excluding hydrogens is 317 g/mol. The number of nitrogens with zero attached hydrogens (tertiary/aromatic N) is 2. The Bertz CT molecular complexity index is 746. The van der Waals surface area contributed by atoms with Crippen molar-refractivity contribution < 1.29 is 9.90 Å². The van der Waals surface area contributed by atoms with Crippen LogP contribution in [0.15, 0.2) is 35.1 Å². The molecule has 0 saturated heterocycles. The summed E-state index contributed by atoms with van der Waals surface area (Å²) in [6, 6.07) is 6.99. The van der Waals surface area contributed by atoms with E-state index in [1.807, 2.05) is 0 Å². The molecule has 1 unspecified atom stereocenters. The van der Waals surface area contributed by atoms with Gasteiger partial charge in [0.25, 0.3) is 11.5 Å². The van der Waals surface area contributed by atoms with Crippen LogP contribution in [0.2, 0.25) is 10.0 Å². The number of benzene rings is 1. The number of rotatable bonds is 4. The molecule has 6 nitrogen and oxygen atoms in total. The summed E-state index contributed by atoms with van der Waals surface area (Å²) in [4.78, 5) is 22.8. The highest BCUT2D eigenvalue weighted by molar-refractivity contribution is 6.33. The minimum atomic E-state index is -1.11. The third-order valence-corrected chi connectivity index (χ3v) is 3.36. The summed E-state index contributed by atoms with van der Waals surface area (Å²) in [7, 11) is 0. The van der Waals surface area contributed by atoms with Crippen molar-refractivity contribution in [2.45, 2.75) is 12.6 Å². The first kappa shape index (κ1) is 15.5. The second-order valence-corrected chi connectivity index (χ2v) is 5.13. The standard InChI is InChI=1S/C13H11Cl2N3O3/c14-7-1-2-9(15)8(5-7)11(19)6-18-12(20)4-3-10(17-18)13(16)21/h1-5,11,19H,6H2,(H2,16,21). The second kappa shape index (κ2) is 6.26. The van der Waals surface area contributed by atoms with Gasteiger partial charge in [0.05, 0.1) is 6.54 Å². The van der Waals surface area contributed by atoms with Crippen LogP contribution < -0.4 is 11.3 Å². The largest absolute Gasteiger partial charge is 0.386 e. The smallest absolute Gasteiger partial charge is 0.269 e. The number of amides is 1. The Morgan fingerprint density at radius 2 is 2.05 bits per heavy atom. The maximum Gasteiger partial charge on any atom is 0.269 e. The van der Waals surface area contributed by atoms with Gasteiger partial charge in [-0.15, -0.1) is 0 Å². The average molecular weight is 328 g/mol. The topological polar surface area (TPSA) is 98.2 Å². The number of carbonyl (C=O) groups excluding carboxylic acids is 1. The summed E-state index contributed by atoms with van der Waals surface area (Å²) in [5.74, 6) is -0.765. The van der Waals surface area contributed by atoms with Crippen molar-refractivity contribution in [2.24, 2.45) is 5.73 Å². The molecule has 1 amide bonds. The summed E-state index contributed by atoms with van der Waals surface area (Å²) in [6.45, 7) is -0.181. The number of hydrogen-bond acceptors (Lipinski definition) is 4. The molecule has 110 valence electrons. The summed E-state index contributed by atoms with van der Waals surface area (Å²) in [5.41, 5.74) is 4.92. The number of halogens is 2. The number of nitrogens with two attached hydrogens (primary N) is 1. The van der Waals surface area contributed by atoms with Gasteiger partial charge in [0.1, 0.15) is 11.8 Å². The first-order valence-corrected chi connectivity index (χ1v) is 6.65. The van der Waals surface area contributed by atoms with E-state index >= 15 is 0 Å². The van der Waals surface area contributed by atoms with Crippen molar-refractivity contribution in [2.75, 3.05) is 0 Å². The van der Waals surface area contributed by atoms with Gasteiger partial charge in [-0.1, -0.05) is 23.2 Å². The maximum atomic E-state index is 11.7. The lowest BCUT2D eigenvalue weighted by atomic mass is 10.1. The maximum absolute atomic E-state index is 11.7. The second-order valence-electron chi connectivity index (χ2n) is 4.28. The quantitative estimate of drug-likeness (QED) is 0.886.